The molecule has 2 saturated heterocycles. The van der Waals surface area contributed by atoms with E-state index in [0.717, 1.165) is 36.7 Å². The van der Waals surface area contributed by atoms with Gasteiger partial charge in [0.15, 0.2) is 11.5 Å². The van der Waals surface area contributed by atoms with Crippen molar-refractivity contribution in [3.8, 4) is 11.5 Å². The predicted octanol–water partition coefficient (Wildman–Crippen LogP) is 3.32. The highest BCUT2D eigenvalue weighted by molar-refractivity contribution is 7.89. The van der Waals surface area contributed by atoms with Gasteiger partial charge in [-0.2, -0.15) is 4.31 Å². The molecular formula is C21H21N3O4S. The maximum Gasteiger partial charge on any atom is 0.243 e. The van der Waals surface area contributed by atoms with Gasteiger partial charge in [0, 0.05) is 24.2 Å². The number of ether oxygens (including phenoxy) is 2. The molecule has 2 atom stereocenters. The van der Waals surface area contributed by atoms with Gasteiger partial charge in [-0.3, -0.25) is 0 Å². The van der Waals surface area contributed by atoms with Crippen molar-refractivity contribution in [1.82, 2.24) is 13.9 Å². The van der Waals surface area contributed by atoms with Crippen molar-refractivity contribution in [2.75, 3.05) is 6.79 Å². The number of benzene rings is 2. The molecule has 0 N–H and O–H groups in total. The minimum atomic E-state index is -3.58. The fourth-order valence-electron chi connectivity index (χ4n) is 5.15. The third-order valence-electron chi connectivity index (χ3n) is 6.44. The van der Waals surface area contributed by atoms with Gasteiger partial charge in [0.1, 0.15) is 0 Å². The lowest BCUT2D eigenvalue weighted by Gasteiger charge is -2.38. The molecule has 29 heavy (non-hydrogen) atoms. The summed E-state index contributed by atoms with van der Waals surface area (Å²) in [5.74, 6) is 1.09. The molecule has 7 nitrogen and oxygen atoms in total. The lowest BCUT2D eigenvalue weighted by Crippen LogP contribution is -2.46. The molecule has 2 aromatic carbocycles. The van der Waals surface area contributed by atoms with E-state index in [0.29, 0.717) is 11.5 Å². The van der Waals surface area contributed by atoms with E-state index in [1.807, 2.05) is 24.5 Å². The molecule has 2 bridgehead atoms. The van der Waals surface area contributed by atoms with Gasteiger partial charge in [-0.15, -0.1) is 0 Å². The van der Waals surface area contributed by atoms with E-state index in [2.05, 4.69) is 15.6 Å². The van der Waals surface area contributed by atoms with E-state index < -0.39 is 10.0 Å². The Kier molecular flexibility index (Phi) is 3.70. The number of imidazole rings is 1. The van der Waals surface area contributed by atoms with Crippen molar-refractivity contribution in [2.24, 2.45) is 0 Å². The highest BCUT2D eigenvalue weighted by Gasteiger charge is 2.48. The van der Waals surface area contributed by atoms with E-state index in [1.54, 1.807) is 22.5 Å². The molecule has 3 aliphatic rings. The van der Waals surface area contributed by atoms with Crippen molar-refractivity contribution >= 4 is 21.1 Å². The molecule has 6 rings (SSSR count). The number of nitrogens with zero attached hydrogens (tertiary/aromatic N) is 3. The Morgan fingerprint density at radius 3 is 2.52 bits per heavy atom. The van der Waals surface area contributed by atoms with Crippen molar-refractivity contribution in [3.63, 3.8) is 0 Å². The van der Waals surface area contributed by atoms with Crippen LogP contribution in [-0.2, 0) is 10.0 Å². The quantitative estimate of drug-likeness (QED) is 0.661. The molecule has 150 valence electrons. The van der Waals surface area contributed by atoms with Crippen molar-refractivity contribution < 1.29 is 17.9 Å². The molecule has 3 aliphatic heterocycles. The Hall–Kier alpha value is -2.58. The molecule has 0 amide bonds. The number of rotatable bonds is 3. The van der Waals surface area contributed by atoms with Gasteiger partial charge >= 0.3 is 0 Å². The van der Waals surface area contributed by atoms with E-state index >= 15 is 0 Å². The number of hydrogen-bond donors (Lipinski definition) is 0. The second-order valence-electron chi connectivity index (χ2n) is 8.00. The first-order valence-electron chi connectivity index (χ1n) is 9.96. The van der Waals surface area contributed by atoms with Gasteiger partial charge in [-0.05, 0) is 49.9 Å². The van der Waals surface area contributed by atoms with Gasteiger partial charge in [0.2, 0.25) is 16.8 Å². The summed E-state index contributed by atoms with van der Waals surface area (Å²) in [5, 5.41) is 0. The largest absolute Gasteiger partial charge is 0.454 e. The summed E-state index contributed by atoms with van der Waals surface area (Å²) in [6.45, 7) is 0.133. The zero-order valence-corrected chi connectivity index (χ0v) is 16.6. The zero-order chi connectivity index (χ0) is 19.6. The zero-order valence-electron chi connectivity index (χ0n) is 15.8. The third-order valence-corrected chi connectivity index (χ3v) is 8.44. The van der Waals surface area contributed by atoms with E-state index in [9.17, 15) is 8.42 Å². The molecule has 2 fully saturated rings. The topological polar surface area (TPSA) is 73.7 Å². The maximum absolute atomic E-state index is 13.5. The van der Waals surface area contributed by atoms with Crippen LogP contribution in [0.3, 0.4) is 0 Å². The summed E-state index contributed by atoms with van der Waals surface area (Å²) in [4.78, 5) is 4.80. The molecule has 8 heteroatoms. The smallest absolute Gasteiger partial charge is 0.243 e. The fraction of sp³-hybridized carbons (Fsp3) is 0.381. The van der Waals surface area contributed by atoms with Gasteiger partial charge in [0.05, 0.1) is 22.3 Å². The average Bonchev–Trinajstić information content (AvgIpc) is 3.43. The third kappa shape index (κ3) is 2.59. The second-order valence-corrected chi connectivity index (χ2v) is 9.84. The van der Waals surface area contributed by atoms with Gasteiger partial charge in [-0.1, -0.05) is 12.1 Å². The standard InChI is InChI=1S/C21H21N3O4S/c25-29(26,17-7-8-20-21(11-17)28-13-27-20)24-14-5-6-15(24)10-16(9-14)23-12-22-18-3-1-2-4-19(18)23/h1-4,7-8,11-12,14-16H,5-6,9-10,13H2/t14-,15-/m1/s1. The molecule has 0 aliphatic carbocycles. The number of hydrogen-bond acceptors (Lipinski definition) is 5. The summed E-state index contributed by atoms with van der Waals surface area (Å²) < 4.78 is 41.6. The Morgan fingerprint density at radius 1 is 0.931 bits per heavy atom. The summed E-state index contributed by atoms with van der Waals surface area (Å²) in [7, 11) is -3.58. The van der Waals surface area contributed by atoms with Crippen LogP contribution in [0.2, 0.25) is 0 Å². The van der Waals surface area contributed by atoms with Crippen LogP contribution in [0.25, 0.3) is 11.0 Å². The molecule has 4 heterocycles. The Bertz CT molecular complexity index is 1190. The number of para-hydroxylation sites is 2. The molecule has 0 radical (unpaired) electrons. The van der Waals surface area contributed by atoms with Crippen LogP contribution < -0.4 is 9.47 Å². The van der Waals surface area contributed by atoms with Crippen LogP contribution in [-0.4, -0.2) is 41.2 Å². The summed E-state index contributed by atoms with van der Waals surface area (Å²) in [6.07, 6.45) is 5.31. The van der Waals surface area contributed by atoms with Crippen LogP contribution >= 0.6 is 0 Å². The molecule has 0 unspecified atom stereocenters. The van der Waals surface area contributed by atoms with Crippen molar-refractivity contribution in [3.05, 3.63) is 48.8 Å². The Morgan fingerprint density at radius 2 is 1.69 bits per heavy atom. The SMILES string of the molecule is O=S(=O)(c1ccc2c(c1)OCO2)N1[C@@H]2CC[C@@H]1CC(n1cnc3ccccc31)C2. The molecule has 3 aromatic rings. The number of piperidine rings is 1. The van der Waals surface area contributed by atoms with Crippen LogP contribution in [0.1, 0.15) is 31.7 Å². The van der Waals surface area contributed by atoms with Crippen LogP contribution in [0.4, 0.5) is 0 Å². The van der Waals surface area contributed by atoms with E-state index in [4.69, 9.17) is 9.47 Å². The minimum Gasteiger partial charge on any atom is -0.454 e. The summed E-state index contributed by atoms with van der Waals surface area (Å²) >= 11 is 0. The van der Waals surface area contributed by atoms with Crippen LogP contribution in [0, 0.1) is 0 Å². The van der Waals surface area contributed by atoms with Gasteiger partial charge in [-0.25, -0.2) is 13.4 Å². The van der Waals surface area contributed by atoms with Crippen LogP contribution in [0.15, 0.2) is 53.7 Å². The summed E-state index contributed by atoms with van der Waals surface area (Å²) in [6, 6.07) is 13.3. The van der Waals surface area contributed by atoms with Crippen molar-refractivity contribution in [1.29, 1.82) is 0 Å². The lowest BCUT2D eigenvalue weighted by atomic mass is 9.99. The monoisotopic (exact) mass is 411 g/mol. The lowest BCUT2D eigenvalue weighted by molar-refractivity contribution is 0.173. The first-order valence-corrected chi connectivity index (χ1v) is 11.4. The second kappa shape index (κ2) is 6.21. The van der Waals surface area contributed by atoms with E-state index in [-0.39, 0.29) is 29.8 Å². The Balaban J connectivity index is 1.32. The maximum atomic E-state index is 13.5. The van der Waals surface area contributed by atoms with Crippen molar-refractivity contribution in [2.45, 2.75) is 48.7 Å². The average molecular weight is 411 g/mol. The number of sulfonamides is 1. The van der Waals surface area contributed by atoms with Gasteiger partial charge < -0.3 is 14.0 Å². The van der Waals surface area contributed by atoms with Crippen LogP contribution in [0.5, 0.6) is 11.5 Å². The first kappa shape index (κ1) is 17.3. The minimum absolute atomic E-state index is 0.00957. The molecular weight excluding hydrogens is 390 g/mol. The fourth-order valence-corrected chi connectivity index (χ4v) is 7.06. The predicted molar refractivity (Wildman–Crippen MR) is 106 cm³/mol. The van der Waals surface area contributed by atoms with E-state index in [1.165, 1.54) is 0 Å². The molecule has 1 aromatic heterocycles. The molecule has 0 saturated carbocycles. The summed E-state index contributed by atoms with van der Waals surface area (Å²) in [5.41, 5.74) is 2.10. The van der Waals surface area contributed by atoms with Gasteiger partial charge in [0.25, 0.3) is 0 Å². The Labute approximate surface area is 168 Å². The highest BCUT2D eigenvalue weighted by Crippen LogP contribution is 2.45. The number of fused-ring (bicyclic) bond motifs is 4. The molecule has 0 spiro atoms. The normalized spacial score (nSPS) is 26.3. The highest BCUT2D eigenvalue weighted by atomic mass is 32.2. The number of aromatic nitrogens is 2. The first-order chi connectivity index (χ1) is 14.1.